The molecule has 39 heavy (non-hydrogen) atoms. The first-order chi connectivity index (χ1) is 18.6. The Hall–Kier alpha value is -3.83. The molecule has 0 saturated heterocycles. The SMILES string of the molecule is CCOc1ccccc1CCCNC(=O)CN(c1cc(Cl)ccc1OC)S(=O)(=O)c1ccc(C)c([N+](=O)[O-])c1. The minimum atomic E-state index is -4.44. The Labute approximate surface area is 232 Å². The van der Waals surface area contributed by atoms with Crippen molar-refractivity contribution in [3.63, 3.8) is 0 Å². The zero-order valence-corrected chi connectivity index (χ0v) is 23.4. The number of nitrogens with one attached hydrogen (secondary N) is 1. The number of hydrogen-bond donors (Lipinski definition) is 1. The van der Waals surface area contributed by atoms with Gasteiger partial charge in [0.25, 0.3) is 15.7 Å². The third-order valence-electron chi connectivity index (χ3n) is 5.88. The quantitative estimate of drug-likeness (QED) is 0.174. The normalized spacial score (nSPS) is 11.1. The predicted octanol–water partition coefficient (Wildman–Crippen LogP) is 4.91. The number of carbonyl (C=O) groups is 1. The van der Waals surface area contributed by atoms with E-state index >= 15 is 0 Å². The van der Waals surface area contributed by atoms with Gasteiger partial charge in [0, 0.05) is 23.2 Å². The van der Waals surface area contributed by atoms with E-state index in [1.165, 1.54) is 44.4 Å². The summed E-state index contributed by atoms with van der Waals surface area (Å²) in [6.07, 6.45) is 1.24. The van der Waals surface area contributed by atoms with E-state index in [4.69, 9.17) is 21.1 Å². The summed E-state index contributed by atoms with van der Waals surface area (Å²) in [6, 6.07) is 15.6. The number of benzene rings is 3. The molecule has 3 aromatic carbocycles. The zero-order valence-electron chi connectivity index (χ0n) is 21.8. The first-order valence-corrected chi connectivity index (χ1v) is 14.0. The number of methoxy groups -OCH3 is 1. The molecule has 0 bridgehead atoms. The highest BCUT2D eigenvalue weighted by Gasteiger charge is 2.31. The lowest BCUT2D eigenvalue weighted by atomic mass is 10.1. The summed E-state index contributed by atoms with van der Waals surface area (Å²) >= 11 is 6.16. The van der Waals surface area contributed by atoms with E-state index in [9.17, 15) is 23.3 Å². The number of sulfonamides is 1. The number of aryl methyl sites for hydroxylation is 2. The molecule has 0 aliphatic carbocycles. The molecule has 0 aliphatic heterocycles. The summed E-state index contributed by atoms with van der Waals surface area (Å²) in [5, 5.41) is 14.4. The lowest BCUT2D eigenvalue weighted by Crippen LogP contribution is -2.41. The topological polar surface area (TPSA) is 128 Å². The van der Waals surface area contributed by atoms with E-state index in [1.807, 2.05) is 31.2 Å². The van der Waals surface area contributed by atoms with Crippen molar-refractivity contribution in [2.24, 2.45) is 0 Å². The number of nitrogens with zero attached hydrogens (tertiary/aromatic N) is 2. The fraction of sp³-hybridized carbons (Fsp3) is 0.296. The van der Waals surface area contributed by atoms with Crippen LogP contribution in [-0.4, -0.2) is 46.1 Å². The van der Waals surface area contributed by atoms with Crippen LogP contribution in [0.25, 0.3) is 0 Å². The molecule has 208 valence electrons. The number of para-hydroxylation sites is 1. The number of nitro benzene ring substituents is 1. The van der Waals surface area contributed by atoms with Gasteiger partial charge in [0.15, 0.2) is 0 Å². The van der Waals surface area contributed by atoms with Crippen molar-refractivity contribution in [2.75, 3.05) is 31.1 Å². The van der Waals surface area contributed by atoms with Crippen LogP contribution < -0.4 is 19.1 Å². The Kier molecular flexibility index (Phi) is 10.1. The summed E-state index contributed by atoms with van der Waals surface area (Å²) in [7, 11) is -3.09. The lowest BCUT2D eigenvalue weighted by Gasteiger charge is -2.26. The maximum absolute atomic E-state index is 13.8. The van der Waals surface area contributed by atoms with Gasteiger partial charge in [0.2, 0.25) is 5.91 Å². The van der Waals surface area contributed by atoms with Gasteiger partial charge < -0.3 is 14.8 Å². The molecule has 1 amide bonds. The van der Waals surface area contributed by atoms with Crippen LogP contribution in [0, 0.1) is 17.0 Å². The number of carbonyl (C=O) groups excluding carboxylic acids is 1. The predicted molar refractivity (Wildman–Crippen MR) is 149 cm³/mol. The molecule has 0 atom stereocenters. The van der Waals surface area contributed by atoms with Crippen molar-refractivity contribution < 1.29 is 27.6 Å². The van der Waals surface area contributed by atoms with E-state index in [-0.39, 0.29) is 33.6 Å². The van der Waals surface area contributed by atoms with E-state index in [1.54, 1.807) is 0 Å². The van der Waals surface area contributed by atoms with Gasteiger partial charge in [-0.05, 0) is 62.6 Å². The Balaban J connectivity index is 1.85. The van der Waals surface area contributed by atoms with Gasteiger partial charge in [-0.1, -0.05) is 35.9 Å². The van der Waals surface area contributed by atoms with Crippen LogP contribution in [0.2, 0.25) is 5.02 Å². The second kappa shape index (κ2) is 13.3. The fourth-order valence-corrected chi connectivity index (χ4v) is 5.54. The van der Waals surface area contributed by atoms with Crippen LogP contribution in [0.4, 0.5) is 11.4 Å². The van der Waals surface area contributed by atoms with Gasteiger partial charge in [-0.25, -0.2) is 8.42 Å². The third kappa shape index (κ3) is 7.39. The van der Waals surface area contributed by atoms with Crippen LogP contribution in [0.15, 0.2) is 65.6 Å². The number of hydrogen-bond acceptors (Lipinski definition) is 7. The molecule has 0 aliphatic rings. The van der Waals surface area contributed by atoms with Crippen molar-refractivity contribution in [3.05, 3.63) is 86.9 Å². The number of halogens is 1. The number of amides is 1. The van der Waals surface area contributed by atoms with Crippen LogP contribution >= 0.6 is 11.6 Å². The maximum atomic E-state index is 13.8. The highest BCUT2D eigenvalue weighted by atomic mass is 35.5. The molecular formula is C27H30ClN3O7S. The Bertz CT molecular complexity index is 1450. The van der Waals surface area contributed by atoms with Crippen molar-refractivity contribution in [2.45, 2.75) is 31.6 Å². The molecule has 10 nitrogen and oxygen atoms in total. The molecule has 0 fully saturated rings. The van der Waals surface area contributed by atoms with Crippen molar-refractivity contribution in [1.29, 1.82) is 0 Å². The van der Waals surface area contributed by atoms with Crippen LogP contribution in [0.1, 0.15) is 24.5 Å². The smallest absolute Gasteiger partial charge is 0.273 e. The second-order valence-corrected chi connectivity index (χ2v) is 10.8. The highest BCUT2D eigenvalue weighted by molar-refractivity contribution is 7.92. The molecule has 0 heterocycles. The van der Waals surface area contributed by atoms with E-state index in [0.29, 0.717) is 25.0 Å². The second-order valence-electron chi connectivity index (χ2n) is 8.53. The number of anilines is 1. The molecule has 12 heteroatoms. The minimum absolute atomic E-state index is 0.0222. The largest absolute Gasteiger partial charge is 0.495 e. The average Bonchev–Trinajstić information content (AvgIpc) is 2.90. The fourth-order valence-electron chi connectivity index (χ4n) is 3.93. The van der Waals surface area contributed by atoms with Gasteiger partial charge in [-0.2, -0.15) is 0 Å². The summed E-state index contributed by atoms with van der Waals surface area (Å²) in [4.78, 5) is 23.4. The lowest BCUT2D eigenvalue weighted by molar-refractivity contribution is -0.385. The maximum Gasteiger partial charge on any atom is 0.273 e. The van der Waals surface area contributed by atoms with E-state index in [0.717, 1.165) is 21.7 Å². The van der Waals surface area contributed by atoms with Gasteiger partial charge in [-0.15, -0.1) is 0 Å². The van der Waals surface area contributed by atoms with Gasteiger partial charge in [0.1, 0.15) is 18.0 Å². The molecule has 3 rings (SSSR count). The van der Waals surface area contributed by atoms with Gasteiger partial charge in [0.05, 0.1) is 29.2 Å². The molecule has 0 unspecified atom stereocenters. The summed E-state index contributed by atoms with van der Waals surface area (Å²) < 4.78 is 39.3. The summed E-state index contributed by atoms with van der Waals surface area (Å²) in [5.74, 6) is 0.370. The van der Waals surface area contributed by atoms with Crippen molar-refractivity contribution >= 4 is 38.9 Å². The molecule has 0 saturated carbocycles. The van der Waals surface area contributed by atoms with E-state index in [2.05, 4.69) is 5.32 Å². The van der Waals surface area contributed by atoms with Crippen molar-refractivity contribution in [3.8, 4) is 11.5 Å². The molecule has 0 aromatic heterocycles. The molecule has 0 spiro atoms. The summed E-state index contributed by atoms with van der Waals surface area (Å²) in [6.45, 7) is 3.63. The zero-order chi connectivity index (χ0) is 28.6. The standard InChI is InChI=1S/C27H30ClN3O7S/c1-4-38-25-10-6-5-8-20(25)9-7-15-29-27(32)18-30(24-16-21(28)12-14-26(24)37-3)39(35,36)22-13-11-19(2)23(17-22)31(33)34/h5-6,8,10-14,16-17H,4,7,9,15,18H2,1-3H3,(H,29,32). The van der Waals surface area contributed by atoms with E-state index < -0.39 is 27.4 Å². The molecular weight excluding hydrogens is 546 g/mol. The monoisotopic (exact) mass is 575 g/mol. The van der Waals surface area contributed by atoms with Crippen LogP contribution in [0.3, 0.4) is 0 Å². The van der Waals surface area contributed by atoms with Crippen molar-refractivity contribution in [1.82, 2.24) is 5.32 Å². The van der Waals surface area contributed by atoms with Crippen LogP contribution in [0.5, 0.6) is 11.5 Å². The average molecular weight is 576 g/mol. The Morgan fingerprint density at radius 2 is 1.85 bits per heavy atom. The number of ether oxygens (including phenoxy) is 2. The van der Waals surface area contributed by atoms with Gasteiger partial charge in [-0.3, -0.25) is 19.2 Å². The number of nitro groups is 1. The Morgan fingerprint density at radius 3 is 2.54 bits per heavy atom. The third-order valence-corrected chi connectivity index (χ3v) is 7.87. The first-order valence-electron chi connectivity index (χ1n) is 12.2. The number of rotatable bonds is 13. The van der Waals surface area contributed by atoms with Crippen LogP contribution in [-0.2, 0) is 21.2 Å². The molecule has 0 radical (unpaired) electrons. The Morgan fingerprint density at radius 1 is 1.10 bits per heavy atom. The molecule has 3 aromatic rings. The summed E-state index contributed by atoms with van der Waals surface area (Å²) in [5.41, 5.74) is 0.969. The van der Waals surface area contributed by atoms with Gasteiger partial charge >= 0.3 is 0 Å². The molecule has 1 N–H and O–H groups in total. The highest BCUT2D eigenvalue weighted by Crippen LogP contribution is 2.35. The first kappa shape index (κ1) is 29.7. The minimum Gasteiger partial charge on any atom is -0.495 e.